The first-order chi connectivity index (χ1) is 7.24. The molecule has 92 valence electrons. The van der Waals surface area contributed by atoms with Gasteiger partial charge in [-0.1, -0.05) is 0 Å². The van der Waals surface area contributed by atoms with Gasteiger partial charge in [0.1, 0.15) is 0 Å². The van der Waals surface area contributed by atoms with Crippen LogP contribution in [-0.4, -0.2) is 26.9 Å². The molecule has 0 aliphatic heterocycles. The van der Waals surface area contributed by atoms with E-state index in [2.05, 4.69) is 20.8 Å². The molecule has 0 aromatic carbocycles. The summed E-state index contributed by atoms with van der Waals surface area (Å²) in [6.07, 6.45) is 2.84. The minimum atomic E-state index is -3.37. The van der Waals surface area contributed by atoms with Crippen LogP contribution in [0.25, 0.3) is 0 Å². The Morgan fingerprint density at radius 2 is 1.07 bits per heavy atom. The third kappa shape index (κ3) is 6.66. The fraction of sp³-hybridized carbons (Fsp3) is 1.00. The van der Waals surface area contributed by atoms with Gasteiger partial charge in [0.05, 0.1) is 0 Å². The summed E-state index contributed by atoms with van der Waals surface area (Å²) in [7, 11) is 1.61. The molecule has 0 aliphatic rings. The number of hydrogen-bond donors (Lipinski definition) is 0. The molecular weight excluding hydrogens is 232 g/mol. The van der Waals surface area contributed by atoms with E-state index in [1.54, 1.807) is 7.11 Å². The molecule has 0 aromatic heterocycles. The molecule has 0 N–H and O–H groups in total. The van der Waals surface area contributed by atoms with Crippen LogP contribution in [0.3, 0.4) is 0 Å². The molecule has 0 unspecified atom stereocenters. The monoisotopic (exact) mass is 256 g/mol. The fourth-order valence-corrected chi connectivity index (χ4v) is 4.05. The summed E-state index contributed by atoms with van der Waals surface area (Å²) in [4.78, 5) is 0. The average Bonchev–Trinajstić information content (AvgIpc) is 2.29. The Bertz CT molecular complexity index is 122. The van der Waals surface area contributed by atoms with E-state index in [0.717, 1.165) is 19.3 Å². The SMILES string of the molecule is CCC[O][Ti]([O]C)([O]CCC)[O]CCC. The zero-order valence-electron chi connectivity index (χ0n) is 10.4. The molecule has 0 rings (SSSR count). The van der Waals surface area contributed by atoms with Gasteiger partial charge < -0.3 is 0 Å². The summed E-state index contributed by atoms with van der Waals surface area (Å²) in [6, 6.07) is 0. The van der Waals surface area contributed by atoms with Gasteiger partial charge in [-0.05, 0) is 0 Å². The van der Waals surface area contributed by atoms with Gasteiger partial charge in [-0.15, -0.1) is 0 Å². The second kappa shape index (κ2) is 9.76. The molecule has 0 spiro atoms. The van der Waals surface area contributed by atoms with Crippen LogP contribution in [0.5, 0.6) is 0 Å². The first-order valence-electron chi connectivity index (χ1n) is 5.71. The Morgan fingerprint density at radius 3 is 1.27 bits per heavy atom. The van der Waals surface area contributed by atoms with E-state index in [1.165, 1.54) is 0 Å². The normalized spacial score (nSPS) is 12.0. The molecule has 4 nitrogen and oxygen atoms in total. The second-order valence-electron chi connectivity index (χ2n) is 3.25. The zero-order valence-corrected chi connectivity index (χ0v) is 11.9. The van der Waals surface area contributed by atoms with Crippen LogP contribution in [0.1, 0.15) is 40.0 Å². The second-order valence-corrected chi connectivity index (χ2v) is 6.80. The Hall–Kier alpha value is 0.554. The summed E-state index contributed by atoms with van der Waals surface area (Å²) >= 11 is -3.37. The van der Waals surface area contributed by atoms with Crippen molar-refractivity contribution in [1.82, 2.24) is 0 Å². The van der Waals surface area contributed by atoms with Crippen molar-refractivity contribution in [3.05, 3.63) is 0 Å². The molecule has 0 fully saturated rings. The Labute approximate surface area is 98.5 Å². The molecule has 0 aromatic rings. The first kappa shape index (κ1) is 15.6. The van der Waals surface area contributed by atoms with E-state index < -0.39 is 18.1 Å². The van der Waals surface area contributed by atoms with Crippen LogP contribution in [0, 0.1) is 0 Å². The van der Waals surface area contributed by atoms with Gasteiger partial charge in [-0.25, -0.2) is 0 Å². The topological polar surface area (TPSA) is 36.9 Å². The van der Waals surface area contributed by atoms with Gasteiger partial charge >= 0.3 is 98.4 Å². The molecule has 0 amide bonds. The zero-order chi connectivity index (χ0) is 11.6. The third-order valence-electron chi connectivity index (χ3n) is 1.70. The molecular formula is C10H24O4Ti. The Balaban J connectivity index is 4.16. The summed E-state index contributed by atoms with van der Waals surface area (Å²) in [5.74, 6) is 0. The molecule has 0 atom stereocenters. The van der Waals surface area contributed by atoms with Crippen molar-refractivity contribution in [2.24, 2.45) is 0 Å². The number of rotatable bonds is 10. The van der Waals surface area contributed by atoms with Crippen molar-refractivity contribution < 1.29 is 31.4 Å². The van der Waals surface area contributed by atoms with Crippen LogP contribution < -0.4 is 0 Å². The van der Waals surface area contributed by atoms with Crippen LogP contribution >= 0.6 is 0 Å². The van der Waals surface area contributed by atoms with Crippen molar-refractivity contribution in [3.63, 3.8) is 0 Å². The van der Waals surface area contributed by atoms with Crippen LogP contribution in [0.15, 0.2) is 0 Å². The van der Waals surface area contributed by atoms with E-state index in [4.69, 9.17) is 13.3 Å². The maximum atomic E-state index is 5.65. The molecule has 0 bridgehead atoms. The van der Waals surface area contributed by atoms with E-state index >= 15 is 0 Å². The standard InChI is InChI=1S/3C3H7O.CH3O.Ti/c3*1-2-3-4;1-2;/h3*2-3H2,1H3;1H3;/q4*-1;+4. The van der Waals surface area contributed by atoms with Gasteiger partial charge in [0.25, 0.3) is 0 Å². The third-order valence-corrected chi connectivity index (χ3v) is 5.09. The minimum absolute atomic E-state index is 0.640. The van der Waals surface area contributed by atoms with Gasteiger partial charge in [-0.2, -0.15) is 0 Å². The summed E-state index contributed by atoms with van der Waals surface area (Å²) in [5.41, 5.74) is 0. The van der Waals surface area contributed by atoms with E-state index in [9.17, 15) is 0 Å². The van der Waals surface area contributed by atoms with E-state index in [-0.39, 0.29) is 0 Å². The average molecular weight is 256 g/mol. The molecule has 0 heterocycles. The Morgan fingerprint density at radius 1 is 0.733 bits per heavy atom. The van der Waals surface area contributed by atoms with E-state index in [1.807, 2.05) is 0 Å². The van der Waals surface area contributed by atoms with Crippen molar-refractivity contribution in [3.8, 4) is 0 Å². The molecule has 0 aliphatic carbocycles. The maximum absolute atomic E-state index is 5.65. The molecule has 0 saturated heterocycles. The number of hydrogen-bond acceptors (Lipinski definition) is 4. The van der Waals surface area contributed by atoms with Gasteiger partial charge in [-0.3, -0.25) is 0 Å². The van der Waals surface area contributed by atoms with Crippen molar-refractivity contribution in [2.75, 3.05) is 26.9 Å². The fourth-order valence-electron chi connectivity index (χ4n) is 0.983. The van der Waals surface area contributed by atoms with Crippen molar-refractivity contribution >= 4 is 0 Å². The van der Waals surface area contributed by atoms with Crippen LogP contribution in [-0.2, 0) is 31.4 Å². The van der Waals surface area contributed by atoms with Gasteiger partial charge in [0.15, 0.2) is 0 Å². The predicted octanol–water partition coefficient (Wildman–Crippen LogP) is 2.73. The van der Waals surface area contributed by atoms with Crippen LogP contribution in [0.2, 0.25) is 0 Å². The van der Waals surface area contributed by atoms with Gasteiger partial charge in [0.2, 0.25) is 0 Å². The van der Waals surface area contributed by atoms with E-state index in [0.29, 0.717) is 19.8 Å². The first-order valence-corrected chi connectivity index (χ1v) is 8.26. The quantitative estimate of drug-likeness (QED) is 0.563. The molecule has 0 saturated carbocycles. The predicted molar refractivity (Wildman–Crippen MR) is 55.7 cm³/mol. The summed E-state index contributed by atoms with van der Waals surface area (Å²) < 4.78 is 22.3. The molecule has 5 heteroatoms. The van der Waals surface area contributed by atoms with Gasteiger partial charge in [0, 0.05) is 0 Å². The van der Waals surface area contributed by atoms with Crippen molar-refractivity contribution in [2.45, 2.75) is 40.0 Å². The molecule has 0 radical (unpaired) electrons. The van der Waals surface area contributed by atoms with Crippen LogP contribution in [0.4, 0.5) is 0 Å². The summed E-state index contributed by atoms with van der Waals surface area (Å²) in [5, 5.41) is 0. The summed E-state index contributed by atoms with van der Waals surface area (Å²) in [6.45, 7) is 8.09. The molecule has 15 heavy (non-hydrogen) atoms. The van der Waals surface area contributed by atoms with Crippen molar-refractivity contribution in [1.29, 1.82) is 0 Å². The Kier molecular flexibility index (Phi) is 10.1.